The number of ether oxygens (including phenoxy) is 6. The Hall–Kier alpha value is -4.81. The lowest BCUT2D eigenvalue weighted by molar-refractivity contribution is -0.192. The molecule has 0 saturated heterocycles. The molecule has 13 heteroatoms. The van der Waals surface area contributed by atoms with E-state index in [1.807, 2.05) is 0 Å². The van der Waals surface area contributed by atoms with E-state index in [0.29, 0.717) is 0 Å². The van der Waals surface area contributed by atoms with Gasteiger partial charge in [-0.2, -0.15) is 0 Å². The molecule has 0 unspecified atom stereocenters. The molecule has 272 valence electrons. The van der Waals surface area contributed by atoms with Crippen LogP contribution in [-0.2, 0) is 57.2 Å². The van der Waals surface area contributed by atoms with Gasteiger partial charge in [-0.05, 0) is 18.1 Å². The summed E-state index contributed by atoms with van der Waals surface area (Å²) < 4.78 is 35.1. The van der Waals surface area contributed by atoms with Crippen molar-refractivity contribution in [3.05, 3.63) is 60.2 Å². The standard InChI is InChI=1S/C37H46O13/c1-19-16-17-36(9,10)34(48-25(7)41)32(47-24(6)40)31(46-23(5)39)21(3)30(45-22(4)38)28-29(49-35(44)27-14-12-11-13-15-27)20(2)18-37(28,33(19)43)50-26(8)42/h11-17,19-20,28-32,34H,3,18H2,1-2,4-10H3/b17-16+/t19-,20-,28+,29-,30-,31-,32+,34+,37+/m0/s1. The fraction of sp³-hybridized carbons (Fsp3) is 0.541. The third-order valence-electron chi connectivity index (χ3n) is 8.87. The minimum atomic E-state index is -2.07. The van der Waals surface area contributed by atoms with E-state index in [2.05, 4.69) is 6.58 Å². The van der Waals surface area contributed by atoms with Crippen molar-refractivity contribution in [3.8, 4) is 0 Å². The molecular weight excluding hydrogens is 652 g/mol. The number of carbonyl (C=O) groups is 7. The highest BCUT2D eigenvalue weighted by Gasteiger charge is 2.66. The molecular formula is C37H46O13. The molecule has 0 amide bonds. The molecule has 1 fully saturated rings. The number of hydrogen-bond donors (Lipinski definition) is 0. The number of carbonyl (C=O) groups excluding carboxylic acids is 7. The molecule has 0 spiro atoms. The lowest BCUT2D eigenvalue weighted by Crippen LogP contribution is -2.59. The second-order valence-electron chi connectivity index (χ2n) is 13.5. The van der Waals surface area contributed by atoms with Crippen LogP contribution < -0.4 is 0 Å². The largest absolute Gasteiger partial charge is 0.458 e. The van der Waals surface area contributed by atoms with Crippen molar-refractivity contribution in [1.82, 2.24) is 0 Å². The van der Waals surface area contributed by atoms with Gasteiger partial charge in [-0.3, -0.25) is 28.8 Å². The highest BCUT2D eigenvalue weighted by atomic mass is 16.6. The molecule has 0 radical (unpaired) electrons. The lowest BCUT2D eigenvalue weighted by Gasteiger charge is -2.44. The smallest absolute Gasteiger partial charge is 0.338 e. The highest BCUT2D eigenvalue weighted by Crippen LogP contribution is 2.51. The van der Waals surface area contributed by atoms with Gasteiger partial charge in [0.25, 0.3) is 0 Å². The molecule has 2 aliphatic carbocycles. The highest BCUT2D eigenvalue weighted by molar-refractivity contribution is 5.94. The SMILES string of the molecule is C=C1[C@H](OC(C)=O)[C@@H](OC(C)=O)[C@@H](OC(C)=O)C(C)(C)/C=C/[C@H](C)C(=O)[C@@]2(OC(C)=O)C[C@H](C)[C@H](OC(=O)c3ccccc3)[C@@H]2[C@H]1OC(C)=O. The first-order valence-electron chi connectivity index (χ1n) is 16.3. The number of rotatable bonds is 7. The maximum atomic E-state index is 14.7. The third kappa shape index (κ3) is 8.85. The molecule has 3 rings (SSSR count). The van der Waals surface area contributed by atoms with Crippen LogP contribution in [0.4, 0.5) is 0 Å². The predicted molar refractivity (Wildman–Crippen MR) is 176 cm³/mol. The van der Waals surface area contributed by atoms with Gasteiger partial charge in [-0.15, -0.1) is 0 Å². The van der Waals surface area contributed by atoms with Crippen LogP contribution in [0.5, 0.6) is 0 Å². The van der Waals surface area contributed by atoms with Crippen LogP contribution in [0.2, 0.25) is 0 Å². The Morgan fingerprint density at radius 3 is 1.78 bits per heavy atom. The van der Waals surface area contributed by atoms with Gasteiger partial charge in [0.2, 0.25) is 0 Å². The van der Waals surface area contributed by atoms with E-state index in [4.69, 9.17) is 28.4 Å². The first kappa shape index (κ1) is 39.6. The maximum absolute atomic E-state index is 14.7. The molecule has 9 atom stereocenters. The minimum absolute atomic E-state index is 0.156. The van der Waals surface area contributed by atoms with E-state index in [0.717, 1.165) is 34.6 Å². The Morgan fingerprint density at radius 1 is 0.720 bits per heavy atom. The van der Waals surface area contributed by atoms with Crippen LogP contribution in [0, 0.1) is 23.2 Å². The summed E-state index contributed by atoms with van der Waals surface area (Å²) in [6.45, 7) is 16.2. The first-order chi connectivity index (χ1) is 23.2. The maximum Gasteiger partial charge on any atom is 0.338 e. The van der Waals surface area contributed by atoms with Gasteiger partial charge in [-0.25, -0.2) is 4.79 Å². The molecule has 1 saturated carbocycles. The molecule has 2 aliphatic rings. The zero-order valence-electron chi connectivity index (χ0n) is 29.9. The second kappa shape index (κ2) is 15.8. The third-order valence-corrected chi connectivity index (χ3v) is 8.87. The van der Waals surface area contributed by atoms with E-state index < -0.39 is 101 Å². The van der Waals surface area contributed by atoms with E-state index in [-0.39, 0.29) is 17.6 Å². The number of benzene rings is 1. The molecule has 0 aromatic heterocycles. The van der Waals surface area contributed by atoms with Crippen LogP contribution in [0.1, 0.15) is 79.1 Å². The zero-order chi connectivity index (χ0) is 37.7. The van der Waals surface area contributed by atoms with Gasteiger partial charge in [-0.1, -0.05) is 64.6 Å². The number of hydrogen-bond acceptors (Lipinski definition) is 13. The molecule has 0 N–H and O–H groups in total. The summed E-state index contributed by atoms with van der Waals surface area (Å²) in [6, 6.07) is 8.03. The molecule has 50 heavy (non-hydrogen) atoms. The summed E-state index contributed by atoms with van der Waals surface area (Å²) >= 11 is 0. The Kier molecular flexibility index (Phi) is 12.5. The van der Waals surface area contributed by atoms with Crippen LogP contribution >= 0.6 is 0 Å². The topological polar surface area (TPSA) is 175 Å². The average Bonchev–Trinajstić information content (AvgIpc) is 3.28. The van der Waals surface area contributed by atoms with Gasteiger partial charge in [0.05, 0.1) is 11.5 Å². The van der Waals surface area contributed by atoms with E-state index >= 15 is 0 Å². The fourth-order valence-electron chi connectivity index (χ4n) is 6.91. The summed E-state index contributed by atoms with van der Waals surface area (Å²) in [5, 5.41) is 0. The Labute approximate surface area is 291 Å². The number of Topliss-reactive ketones (excluding diaryl/α,β-unsaturated/α-hetero) is 1. The molecule has 0 heterocycles. The molecule has 0 aliphatic heterocycles. The summed E-state index contributed by atoms with van der Waals surface area (Å²) in [7, 11) is 0. The van der Waals surface area contributed by atoms with Crippen molar-refractivity contribution in [2.75, 3.05) is 0 Å². The first-order valence-corrected chi connectivity index (χ1v) is 16.3. The number of allylic oxidation sites excluding steroid dienone is 1. The normalized spacial score (nSPS) is 31.4. The summed E-state index contributed by atoms with van der Waals surface area (Å²) in [6.07, 6.45) is -4.58. The molecule has 13 nitrogen and oxygen atoms in total. The summed E-state index contributed by atoms with van der Waals surface area (Å²) in [4.78, 5) is 91.9. The Morgan fingerprint density at radius 2 is 1.26 bits per heavy atom. The van der Waals surface area contributed by atoms with Crippen LogP contribution in [0.3, 0.4) is 0 Å². The van der Waals surface area contributed by atoms with Crippen molar-refractivity contribution < 1.29 is 62.0 Å². The number of ketones is 1. The van der Waals surface area contributed by atoms with Gasteiger partial charge in [0.1, 0.15) is 12.2 Å². The van der Waals surface area contributed by atoms with Gasteiger partial charge in [0, 0.05) is 57.9 Å². The van der Waals surface area contributed by atoms with Crippen molar-refractivity contribution >= 4 is 41.6 Å². The monoisotopic (exact) mass is 698 g/mol. The van der Waals surface area contributed by atoms with Crippen molar-refractivity contribution in [3.63, 3.8) is 0 Å². The summed E-state index contributed by atoms with van der Waals surface area (Å²) in [5.41, 5.74) is -3.32. The minimum Gasteiger partial charge on any atom is -0.458 e. The van der Waals surface area contributed by atoms with Gasteiger partial charge < -0.3 is 28.4 Å². The van der Waals surface area contributed by atoms with Gasteiger partial charge in [0.15, 0.2) is 29.7 Å². The van der Waals surface area contributed by atoms with E-state index in [1.165, 1.54) is 18.2 Å². The molecule has 1 aromatic carbocycles. The number of esters is 6. The van der Waals surface area contributed by atoms with Gasteiger partial charge >= 0.3 is 35.8 Å². The van der Waals surface area contributed by atoms with E-state index in [9.17, 15) is 33.6 Å². The predicted octanol–water partition coefficient (Wildman–Crippen LogP) is 4.25. The van der Waals surface area contributed by atoms with E-state index in [1.54, 1.807) is 52.0 Å². The Bertz CT molecular complexity index is 1540. The molecule has 1 aromatic rings. The van der Waals surface area contributed by atoms with Crippen LogP contribution in [0.25, 0.3) is 0 Å². The Balaban J connectivity index is 2.47. The average molecular weight is 699 g/mol. The summed E-state index contributed by atoms with van der Waals surface area (Å²) in [5.74, 6) is -8.69. The quantitative estimate of drug-likeness (QED) is 0.225. The van der Waals surface area contributed by atoms with Crippen molar-refractivity contribution in [1.29, 1.82) is 0 Å². The van der Waals surface area contributed by atoms with Crippen molar-refractivity contribution in [2.24, 2.45) is 23.2 Å². The zero-order valence-corrected chi connectivity index (χ0v) is 29.9. The van der Waals surface area contributed by atoms with Crippen molar-refractivity contribution in [2.45, 2.75) is 105 Å². The van der Waals surface area contributed by atoms with Crippen LogP contribution in [0.15, 0.2) is 54.6 Å². The number of fused-ring (bicyclic) bond motifs is 1. The fourth-order valence-corrected chi connectivity index (χ4v) is 6.91. The van der Waals surface area contributed by atoms with Crippen LogP contribution in [-0.4, -0.2) is 77.7 Å². The second-order valence-corrected chi connectivity index (χ2v) is 13.5. The molecule has 0 bridgehead atoms. The lowest BCUT2D eigenvalue weighted by atomic mass is 9.72.